The fourth-order valence-electron chi connectivity index (χ4n) is 2.48. The summed E-state index contributed by atoms with van der Waals surface area (Å²) < 4.78 is 15.6. The number of carbonyl (C=O) groups excluding carboxylic acids is 1. The van der Waals surface area contributed by atoms with Gasteiger partial charge in [-0.25, -0.2) is 4.39 Å². The second-order valence-corrected chi connectivity index (χ2v) is 4.90. The van der Waals surface area contributed by atoms with E-state index in [2.05, 4.69) is 15.5 Å². The van der Waals surface area contributed by atoms with Gasteiger partial charge in [-0.15, -0.1) is 10.2 Å². The van der Waals surface area contributed by atoms with Gasteiger partial charge < -0.3 is 9.88 Å². The SMILES string of the molecule is CC(NC(=O)c1ccccc1F)c1nnc2n1CCC2. The molecule has 5 nitrogen and oxygen atoms in total. The first-order chi connectivity index (χ1) is 9.66. The number of hydrogen-bond donors (Lipinski definition) is 1. The van der Waals surface area contributed by atoms with Gasteiger partial charge in [-0.2, -0.15) is 0 Å². The summed E-state index contributed by atoms with van der Waals surface area (Å²) in [6, 6.07) is 5.62. The molecule has 1 aliphatic heterocycles. The fraction of sp³-hybridized carbons (Fsp3) is 0.357. The van der Waals surface area contributed by atoms with Gasteiger partial charge in [0.15, 0.2) is 5.82 Å². The lowest BCUT2D eigenvalue weighted by molar-refractivity contribution is 0.0933. The monoisotopic (exact) mass is 274 g/mol. The van der Waals surface area contributed by atoms with Crippen LogP contribution in [0.4, 0.5) is 4.39 Å². The Hall–Kier alpha value is -2.24. The highest BCUT2D eigenvalue weighted by atomic mass is 19.1. The lowest BCUT2D eigenvalue weighted by Crippen LogP contribution is -2.29. The van der Waals surface area contributed by atoms with Crippen LogP contribution in [0.2, 0.25) is 0 Å². The highest BCUT2D eigenvalue weighted by Gasteiger charge is 2.23. The number of carbonyl (C=O) groups is 1. The maximum Gasteiger partial charge on any atom is 0.254 e. The van der Waals surface area contributed by atoms with E-state index in [9.17, 15) is 9.18 Å². The van der Waals surface area contributed by atoms with E-state index >= 15 is 0 Å². The Morgan fingerprint density at radius 1 is 1.40 bits per heavy atom. The highest BCUT2D eigenvalue weighted by molar-refractivity contribution is 5.94. The predicted molar refractivity (Wildman–Crippen MR) is 70.6 cm³/mol. The maximum absolute atomic E-state index is 13.6. The molecule has 6 heteroatoms. The molecular formula is C14H15FN4O. The zero-order chi connectivity index (χ0) is 14.1. The quantitative estimate of drug-likeness (QED) is 0.929. The van der Waals surface area contributed by atoms with Crippen molar-refractivity contribution >= 4 is 5.91 Å². The van der Waals surface area contributed by atoms with Crippen molar-refractivity contribution in [3.8, 4) is 0 Å². The Morgan fingerprint density at radius 3 is 3.00 bits per heavy atom. The molecular weight excluding hydrogens is 259 g/mol. The molecule has 1 atom stereocenters. The van der Waals surface area contributed by atoms with Gasteiger partial charge in [0.25, 0.3) is 5.91 Å². The lowest BCUT2D eigenvalue weighted by atomic mass is 10.2. The molecule has 1 N–H and O–H groups in total. The summed E-state index contributed by atoms with van der Waals surface area (Å²) >= 11 is 0. The standard InChI is InChI=1S/C14H15FN4O/c1-9(13-18-17-12-7-4-8-19(12)13)16-14(20)10-5-2-3-6-11(10)15/h2-3,5-6,9H,4,7-8H2,1H3,(H,16,20). The fourth-order valence-corrected chi connectivity index (χ4v) is 2.48. The summed E-state index contributed by atoms with van der Waals surface area (Å²) in [5.74, 6) is 0.712. The molecule has 0 bridgehead atoms. The van der Waals surface area contributed by atoms with Crippen LogP contribution in [-0.2, 0) is 13.0 Å². The predicted octanol–water partition coefficient (Wildman–Crippen LogP) is 1.85. The van der Waals surface area contributed by atoms with E-state index in [1.807, 2.05) is 11.5 Å². The van der Waals surface area contributed by atoms with Crippen LogP contribution in [0.3, 0.4) is 0 Å². The van der Waals surface area contributed by atoms with E-state index in [-0.39, 0.29) is 11.6 Å². The van der Waals surface area contributed by atoms with Gasteiger partial charge in [0, 0.05) is 13.0 Å². The molecule has 0 saturated carbocycles. The molecule has 0 saturated heterocycles. The summed E-state index contributed by atoms with van der Waals surface area (Å²) in [5, 5.41) is 11.0. The third-order valence-corrected chi connectivity index (χ3v) is 3.49. The van der Waals surface area contributed by atoms with Gasteiger partial charge >= 0.3 is 0 Å². The summed E-state index contributed by atoms with van der Waals surface area (Å²) in [7, 11) is 0. The minimum Gasteiger partial charge on any atom is -0.342 e. The zero-order valence-electron chi connectivity index (χ0n) is 11.1. The van der Waals surface area contributed by atoms with Crippen molar-refractivity contribution in [2.75, 3.05) is 0 Å². The molecule has 1 unspecified atom stereocenters. The van der Waals surface area contributed by atoms with Crippen molar-refractivity contribution in [1.82, 2.24) is 20.1 Å². The van der Waals surface area contributed by atoms with E-state index < -0.39 is 11.7 Å². The van der Waals surface area contributed by atoms with Crippen molar-refractivity contribution in [3.05, 3.63) is 47.3 Å². The van der Waals surface area contributed by atoms with Crippen LogP contribution in [0.15, 0.2) is 24.3 Å². The number of halogens is 1. The minimum absolute atomic E-state index is 0.0421. The molecule has 3 rings (SSSR count). The first kappa shape index (κ1) is 12.8. The van der Waals surface area contributed by atoms with Crippen molar-refractivity contribution < 1.29 is 9.18 Å². The first-order valence-electron chi connectivity index (χ1n) is 6.64. The number of hydrogen-bond acceptors (Lipinski definition) is 3. The minimum atomic E-state index is -0.524. The molecule has 2 aromatic rings. The van der Waals surface area contributed by atoms with Gasteiger partial charge in [0.2, 0.25) is 0 Å². The number of nitrogens with zero attached hydrogens (tertiary/aromatic N) is 3. The van der Waals surface area contributed by atoms with Crippen LogP contribution in [-0.4, -0.2) is 20.7 Å². The first-order valence-corrected chi connectivity index (χ1v) is 6.64. The normalized spacial score (nSPS) is 14.9. The van der Waals surface area contributed by atoms with Crippen LogP contribution >= 0.6 is 0 Å². The Kier molecular flexibility index (Phi) is 3.22. The van der Waals surface area contributed by atoms with Crippen LogP contribution in [0.1, 0.15) is 41.4 Å². The zero-order valence-corrected chi connectivity index (χ0v) is 11.1. The number of benzene rings is 1. The molecule has 0 aliphatic carbocycles. The number of fused-ring (bicyclic) bond motifs is 1. The molecule has 0 fully saturated rings. The molecule has 20 heavy (non-hydrogen) atoms. The number of aromatic nitrogens is 3. The number of aryl methyl sites for hydroxylation is 1. The number of nitrogens with one attached hydrogen (secondary N) is 1. The van der Waals surface area contributed by atoms with Crippen molar-refractivity contribution in [2.24, 2.45) is 0 Å². The van der Waals surface area contributed by atoms with E-state index in [0.717, 1.165) is 31.0 Å². The third-order valence-electron chi connectivity index (χ3n) is 3.49. The summed E-state index contributed by atoms with van der Waals surface area (Å²) in [6.07, 6.45) is 1.97. The second kappa shape index (κ2) is 5.03. The lowest BCUT2D eigenvalue weighted by Gasteiger charge is -2.14. The Morgan fingerprint density at radius 2 is 2.20 bits per heavy atom. The maximum atomic E-state index is 13.6. The van der Waals surface area contributed by atoms with Crippen LogP contribution < -0.4 is 5.32 Å². The molecule has 1 aromatic heterocycles. The van der Waals surface area contributed by atoms with Crippen molar-refractivity contribution in [1.29, 1.82) is 0 Å². The van der Waals surface area contributed by atoms with Crippen LogP contribution in [0.25, 0.3) is 0 Å². The van der Waals surface area contributed by atoms with Gasteiger partial charge in [0.05, 0.1) is 11.6 Å². The Labute approximate surface area is 115 Å². The molecule has 1 aliphatic rings. The molecule has 104 valence electrons. The van der Waals surface area contributed by atoms with E-state index in [1.54, 1.807) is 12.1 Å². The Bertz CT molecular complexity index is 652. The van der Waals surface area contributed by atoms with Crippen LogP contribution in [0.5, 0.6) is 0 Å². The molecule has 2 heterocycles. The van der Waals surface area contributed by atoms with Gasteiger partial charge in [-0.3, -0.25) is 4.79 Å². The smallest absolute Gasteiger partial charge is 0.254 e. The average molecular weight is 274 g/mol. The molecule has 1 amide bonds. The van der Waals surface area contributed by atoms with Gasteiger partial charge in [-0.1, -0.05) is 12.1 Å². The van der Waals surface area contributed by atoms with E-state index in [0.29, 0.717) is 0 Å². The molecule has 1 aromatic carbocycles. The highest BCUT2D eigenvalue weighted by Crippen LogP contribution is 2.19. The van der Waals surface area contributed by atoms with Crippen molar-refractivity contribution in [3.63, 3.8) is 0 Å². The summed E-state index contributed by atoms with van der Waals surface area (Å²) in [5.41, 5.74) is 0.0421. The summed E-state index contributed by atoms with van der Waals surface area (Å²) in [6.45, 7) is 2.70. The second-order valence-electron chi connectivity index (χ2n) is 4.90. The third kappa shape index (κ3) is 2.17. The van der Waals surface area contributed by atoms with Crippen LogP contribution in [0, 0.1) is 5.82 Å². The molecule has 0 radical (unpaired) electrons. The number of rotatable bonds is 3. The Balaban J connectivity index is 1.77. The van der Waals surface area contributed by atoms with Gasteiger partial charge in [0.1, 0.15) is 11.6 Å². The number of amides is 1. The van der Waals surface area contributed by atoms with E-state index in [4.69, 9.17) is 0 Å². The van der Waals surface area contributed by atoms with Gasteiger partial charge in [-0.05, 0) is 25.5 Å². The summed E-state index contributed by atoms with van der Waals surface area (Å²) in [4.78, 5) is 12.1. The van der Waals surface area contributed by atoms with Crippen molar-refractivity contribution in [2.45, 2.75) is 32.4 Å². The molecule has 0 spiro atoms. The topological polar surface area (TPSA) is 59.8 Å². The average Bonchev–Trinajstić information content (AvgIpc) is 3.00. The van der Waals surface area contributed by atoms with E-state index in [1.165, 1.54) is 12.1 Å². The largest absolute Gasteiger partial charge is 0.342 e.